The molecule has 5 atom stereocenters. The topological polar surface area (TPSA) is 65.1 Å². The molecule has 0 aromatic rings. The van der Waals surface area contributed by atoms with Gasteiger partial charge in [-0.25, -0.2) is 0 Å². The van der Waals surface area contributed by atoms with Crippen LogP contribution in [0, 0.1) is 11.8 Å². The predicted octanol–water partition coefficient (Wildman–Crippen LogP) is 1.29. The maximum absolute atomic E-state index is 13.0. The zero-order chi connectivity index (χ0) is 16.7. The van der Waals surface area contributed by atoms with Crippen LogP contribution in [0.1, 0.15) is 32.6 Å². The van der Waals surface area contributed by atoms with Crippen molar-refractivity contribution in [2.45, 2.75) is 50.4 Å². The van der Waals surface area contributed by atoms with Gasteiger partial charge in [0.1, 0.15) is 11.5 Å². The van der Waals surface area contributed by atoms with E-state index in [0.29, 0.717) is 19.7 Å². The van der Waals surface area contributed by atoms with Crippen molar-refractivity contribution in [3.63, 3.8) is 0 Å². The number of carbonyl (C=O) groups excluding carboxylic acids is 2. The highest BCUT2D eigenvalue weighted by atomic mass is 16.6. The summed E-state index contributed by atoms with van der Waals surface area (Å²) in [6, 6.07) is 0. The smallest absolute Gasteiger partial charge is 0.312 e. The molecule has 6 heteroatoms. The van der Waals surface area contributed by atoms with Gasteiger partial charge in [-0.05, 0) is 19.3 Å². The van der Waals surface area contributed by atoms with Crippen molar-refractivity contribution < 1.29 is 23.8 Å². The second-order valence-electron chi connectivity index (χ2n) is 7.27. The molecule has 1 spiro atoms. The summed E-state index contributed by atoms with van der Waals surface area (Å²) >= 11 is 0. The third-order valence-corrected chi connectivity index (χ3v) is 5.64. The first-order valence-electron chi connectivity index (χ1n) is 9.09. The predicted molar refractivity (Wildman–Crippen MR) is 85.1 cm³/mol. The third-order valence-electron chi connectivity index (χ3n) is 5.64. The van der Waals surface area contributed by atoms with Crippen LogP contribution in [0.2, 0.25) is 0 Å². The molecular formula is C18H25NO5. The molecule has 0 radical (unpaired) electrons. The lowest BCUT2D eigenvalue weighted by Gasteiger charge is -2.23. The minimum absolute atomic E-state index is 0.00907. The Labute approximate surface area is 142 Å². The number of rotatable bonds is 6. The summed E-state index contributed by atoms with van der Waals surface area (Å²) in [6.07, 6.45) is 7.54. The summed E-state index contributed by atoms with van der Waals surface area (Å²) in [7, 11) is 0. The number of amides is 1. The number of likely N-dealkylation sites (tertiary alicyclic amines) is 1. The van der Waals surface area contributed by atoms with Gasteiger partial charge in [0.2, 0.25) is 5.91 Å². The molecule has 5 unspecified atom stereocenters. The standard InChI is InChI=1S/C18H25NO5/c1-2-3-8-23-17(21)14-13-6-7-18(24-13)11-19(16(20)15(14)18)10-12-5-4-9-22-12/h6-7,12-15H,2-5,8-11H2,1H3. The highest BCUT2D eigenvalue weighted by molar-refractivity contribution is 5.91. The molecule has 132 valence electrons. The summed E-state index contributed by atoms with van der Waals surface area (Å²) in [5.74, 6) is -1.23. The molecule has 4 rings (SSSR count). The van der Waals surface area contributed by atoms with Crippen molar-refractivity contribution >= 4 is 11.9 Å². The van der Waals surface area contributed by atoms with E-state index in [0.717, 1.165) is 32.3 Å². The van der Waals surface area contributed by atoms with Gasteiger partial charge in [0.15, 0.2) is 0 Å². The average Bonchev–Trinajstić information content (AvgIpc) is 3.31. The molecule has 4 aliphatic heterocycles. The number of ether oxygens (including phenoxy) is 3. The Kier molecular flexibility index (Phi) is 4.12. The summed E-state index contributed by atoms with van der Waals surface area (Å²) in [6.45, 7) is 4.34. The van der Waals surface area contributed by atoms with E-state index in [1.54, 1.807) is 0 Å². The zero-order valence-corrected chi connectivity index (χ0v) is 14.1. The SMILES string of the molecule is CCCCOC(=O)C1C2C=CC3(CN(CC4CCCO4)C(=O)C13)O2. The lowest BCUT2D eigenvalue weighted by Crippen LogP contribution is -2.40. The fourth-order valence-electron chi connectivity index (χ4n) is 4.45. The summed E-state index contributed by atoms with van der Waals surface area (Å²) < 4.78 is 17.1. The number of hydrogen-bond acceptors (Lipinski definition) is 5. The fraction of sp³-hybridized carbons (Fsp3) is 0.778. The average molecular weight is 335 g/mol. The summed E-state index contributed by atoms with van der Waals surface area (Å²) in [5, 5.41) is 0. The van der Waals surface area contributed by atoms with E-state index in [1.165, 1.54) is 0 Å². The van der Waals surface area contributed by atoms with E-state index in [-0.39, 0.29) is 24.1 Å². The van der Waals surface area contributed by atoms with Crippen LogP contribution in [-0.4, -0.2) is 60.9 Å². The Morgan fingerprint density at radius 3 is 3.12 bits per heavy atom. The van der Waals surface area contributed by atoms with Gasteiger partial charge in [0.25, 0.3) is 0 Å². The number of unbranched alkanes of at least 4 members (excludes halogenated alkanes) is 1. The fourth-order valence-corrected chi connectivity index (χ4v) is 4.45. The van der Waals surface area contributed by atoms with E-state index in [2.05, 4.69) is 6.92 Å². The molecule has 0 aromatic carbocycles. The van der Waals surface area contributed by atoms with E-state index >= 15 is 0 Å². The molecule has 2 bridgehead atoms. The van der Waals surface area contributed by atoms with Crippen LogP contribution >= 0.6 is 0 Å². The molecule has 0 saturated carbocycles. The molecule has 1 amide bonds. The van der Waals surface area contributed by atoms with Gasteiger partial charge in [0, 0.05) is 13.2 Å². The molecule has 4 aliphatic rings. The second-order valence-corrected chi connectivity index (χ2v) is 7.27. The molecule has 3 fully saturated rings. The lowest BCUT2D eigenvalue weighted by atomic mass is 9.77. The quantitative estimate of drug-likeness (QED) is 0.416. The third kappa shape index (κ3) is 2.47. The minimum Gasteiger partial charge on any atom is -0.465 e. The van der Waals surface area contributed by atoms with Crippen molar-refractivity contribution in [2.24, 2.45) is 11.8 Å². The Balaban J connectivity index is 1.48. The number of fused-ring (bicyclic) bond motifs is 1. The van der Waals surface area contributed by atoms with Crippen LogP contribution in [0.5, 0.6) is 0 Å². The largest absolute Gasteiger partial charge is 0.465 e. The van der Waals surface area contributed by atoms with Gasteiger partial charge in [-0.3, -0.25) is 9.59 Å². The molecule has 0 aromatic heterocycles. The Bertz CT molecular complexity index is 556. The molecular weight excluding hydrogens is 310 g/mol. The van der Waals surface area contributed by atoms with Gasteiger partial charge >= 0.3 is 5.97 Å². The van der Waals surface area contributed by atoms with Gasteiger partial charge in [-0.1, -0.05) is 25.5 Å². The Morgan fingerprint density at radius 1 is 1.50 bits per heavy atom. The van der Waals surface area contributed by atoms with E-state index in [9.17, 15) is 9.59 Å². The van der Waals surface area contributed by atoms with Gasteiger partial charge in [0.05, 0.1) is 31.3 Å². The second kappa shape index (κ2) is 6.15. The number of carbonyl (C=O) groups is 2. The van der Waals surface area contributed by atoms with Gasteiger partial charge in [-0.15, -0.1) is 0 Å². The molecule has 0 N–H and O–H groups in total. The highest BCUT2D eigenvalue weighted by Crippen LogP contribution is 2.52. The molecule has 0 aliphatic carbocycles. The van der Waals surface area contributed by atoms with Crippen molar-refractivity contribution in [3.05, 3.63) is 12.2 Å². The van der Waals surface area contributed by atoms with Crippen LogP contribution in [0.25, 0.3) is 0 Å². The monoisotopic (exact) mass is 335 g/mol. The molecule has 3 saturated heterocycles. The number of hydrogen-bond donors (Lipinski definition) is 0. The van der Waals surface area contributed by atoms with Gasteiger partial charge < -0.3 is 19.1 Å². The van der Waals surface area contributed by atoms with Crippen molar-refractivity contribution in [1.82, 2.24) is 4.90 Å². The minimum atomic E-state index is -0.644. The lowest BCUT2D eigenvalue weighted by molar-refractivity contribution is -0.154. The first-order chi connectivity index (χ1) is 11.6. The first kappa shape index (κ1) is 16.1. The maximum Gasteiger partial charge on any atom is 0.312 e. The molecule has 6 nitrogen and oxygen atoms in total. The Hall–Kier alpha value is -1.40. The first-order valence-corrected chi connectivity index (χ1v) is 9.09. The molecule has 24 heavy (non-hydrogen) atoms. The van der Waals surface area contributed by atoms with Crippen LogP contribution < -0.4 is 0 Å². The van der Waals surface area contributed by atoms with E-state index < -0.39 is 17.4 Å². The van der Waals surface area contributed by atoms with Crippen LogP contribution in [0.4, 0.5) is 0 Å². The van der Waals surface area contributed by atoms with Crippen molar-refractivity contribution in [2.75, 3.05) is 26.3 Å². The van der Waals surface area contributed by atoms with Crippen molar-refractivity contribution in [3.8, 4) is 0 Å². The van der Waals surface area contributed by atoms with Crippen LogP contribution in [-0.2, 0) is 23.8 Å². The highest BCUT2D eigenvalue weighted by Gasteiger charge is 2.67. The van der Waals surface area contributed by atoms with E-state index in [1.807, 2.05) is 17.1 Å². The van der Waals surface area contributed by atoms with E-state index in [4.69, 9.17) is 14.2 Å². The van der Waals surface area contributed by atoms with Gasteiger partial charge in [-0.2, -0.15) is 0 Å². The molecule has 4 heterocycles. The normalized spacial score (nSPS) is 39.7. The van der Waals surface area contributed by atoms with Crippen LogP contribution in [0.15, 0.2) is 12.2 Å². The maximum atomic E-state index is 13.0. The Morgan fingerprint density at radius 2 is 2.38 bits per heavy atom. The summed E-state index contributed by atoms with van der Waals surface area (Å²) in [5.41, 5.74) is -0.644. The number of esters is 1. The van der Waals surface area contributed by atoms with Crippen LogP contribution in [0.3, 0.4) is 0 Å². The summed E-state index contributed by atoms with van der Waals surface area (Å²) in [4.78, 5) is 27.3. The number of nitrogens with zero attached hydrogens (tertiary/aromatic N) is 1. The van der Waals surface area contributed by atoms with Crippen molar-refractivity contribution in [1.29, 1.82) is 0 Å². The zero-order valence-electron chi connectivity index (χ0n) is 14.1.